The first kappa shape index (κ1) is 24.3. The van der Waals surface area contributed by atoms with Crippen LogP contribution in [0.3, 0.4) is 0 Å². The molecule has 2 aromatic rings. The van der Waals surface area contributed by atoms with Gasteiger partial charge in [-0.15, -0.1) is 0 Å². The van der Waals surface area contributed by atoms with E-state index in [0.717, 1.165) is 0 Å². The van der Waals surface area contributed by atoms with E-state index in [2.05, 4.69) is 11.7 Å². The first-order valence-electron chi connectivity index (χ1n) is 11.1. The molecule has 1 saturated heterocycles. The molecule has 2 aromatic carbocycles. The highest BCUT2D eigenvalue weighted by Crippen LogP contribution is 2.36. The van der Waals surface area contributed by atoms with Crippen LogP contribution in [0.2, 0.25) is 18.1 Å². The molecule has 8 heteroatoms. The van der Waals surface area contributed by atoms with Gasteiger partial charge >= 0.3 is 12.6 Å². The van der Waals surface area contributed by atoms with Gasteiger partial charge in [-0.05, 0) is 48.6 Å². The molecule has 1 aliphatic heterocycles. The quantitative estimate of drug-likeness (QED) is 0.130. The number of benzene rings is 2. The number of esters is 1. The minimum atomic E-state index is -3.38. The van der Waals surface area contributed by atoms with E-state index < -0.39 is 44.3 Å². The highest BCUT2D eigenvalue weighted by molar-refractivity contribution is 6.59. The fraction of sp³-hybridized carbons (Fsp3) is 0.458. The lowest BCUT2D eigenvalue weighted by Crippen LogP contribution is -2.20. The van der Waals surface area contributed by atoms with Crippen LogP contribution >= 0.6 is 0 Å². The Bertz CT molecular complexity index is 874. The van der Waals surface area contributed by atoms with Crippen molar-refractivity contribution in [2.75, 3.05) is 0 Å². The molecule has 0 spiro atoms. The first-order valence-corrected chi connectivity index (χ1v) is 13.6. The van der Waals surface area contributed by atoms with Crippen LogP contribution in [0.1, 0.15) is 60.9 Å². The zero-order valence-electron chi connectivity index (χ0n) is 18.1. The fourth-order valence-electron chi connectivity index (χ4n) is 4.32. The number of carbonyl (C=O) groups excluding carboxylic acids is 1. The standard InChI is InChI=1S/C24H28F4O3Si/c1-2-3-4-11-32-12-9-17(10-13-32)16-5-7-19(8-6-16)30-23(29)18-14-20(25)22(21(26)15-18)31-24(27)28/h5-8,14-15,17,24,32H,2-4,9-13H2,1H3/t17-,32-. The molecular formula is C24H28F4O3Si. The van der Waals surface area contributed by atoms with Crippen molar-refractivity contribution < 1.29 is 31.8 Å². The van der Waals surface area contributed by atoms with Crippen LogP contribution in [0.5, 0.6) is 11.5 Å². The Morgan fingerprint density at radius 2 is 1.69 bits per heavy atom. The molecule has 0 bridgehead atoms. The summed E-state index contributed by atoms with van der Waals surface area (Å²) in [6.07, 6.45) is 6.37. The summed E-state index contributed by atoms with van der Waals surface area (Å²) in [6, 6.07) is 12.6. The van der Waals surface area contributed by atoms with Gasteiger partial charge in [0.1, 0.15) is 5.75 Å². The van der Waals surface area contributed by atoms with Crippen molar-refractivity contribution in [3.8, 4) is 11.5 Å². The third kappa shape index (κ3) is 6.57. The van der Waals surface area contributed by atoms with Gasteiger partial charge in [0, 0.05) is 8.80 Å². The third-order valence-corrected chi connectivity index (χ3v) is 9.59. The van der Waals surface area contributed by atoms with Gasteiger partial charge in [-0.3, -0.25) is 0 Å². The zero-order valence-corrected chi connectivity index (χ0v) is 19.2. The van der Waals surface area contributed by atoms with Gasteiger partial charge in [0.15, 0.2) is 17.4 Å². The van der Waals surface area contributed by atoms with Crippen LogP contribution in [0.25, 0.3) is 0 Å². The van der Waals surface area contributed by atoms with E-state index in [1.807, 2.05) is 12.1 Å². The molecule has 1 heterocycles. The van der Waals surface area contributed by atoms with E-state index >= 15 is 0 Å². The maximum absolute atomic E-state index is 13.8. The fourth-order valence-corrected chi connectivity index (χ4v) is 7.80. The van der Waals surface area contributed by atoms with Crippen LogP contribution in [0.4, 0.5) is 17.6 Å². The largest absolute Gasteiger partial charge is 0.429 e. The molecular weight excluding hydrogens is 440 g/mol. The van der Waals surface area contributed by atoms with E-state index in [9.17, 15) is 22.4 Å². The molecule has 3 nitrogen and oxygen atoms in total. The maximum atomic E-state index is 13.8. The topological polar surface area (TPSA) is 35.5 Å². The lowest BCUT2D eigenvalue weighted by Gasteiger charge is -2.28. The highest BCUT2D eigenvalue weighted by atomic mass is 28.3. The zero-order chi connectivity index (χ0) is 23.1. The van der Waals surface area contributed by atoms with E-state index in [-0.39, 0.29) is 5.75 Å². The van der Waals surface area contributed by atoms with Gasteiger partial charge < -0.3 is 9.47 Å². The van der Waals surface area contributed by atoms with Crippen LogP contribution < -0.4 is 9.47 Å². The van der Waals surface area contributed by atoms with Gasteiger partial charge in [0.2, 0.25) is 0 Å². The van der Waals surface area contributed by atoms with E-state index in [0.29, 0.717) is 18.1 Å². The van der Waals surface area contributed by atoms with E-state index in [1.54, 1.807) is 12.1 Å². The Labute approximate surface area is 187 Å². The predicted molar refractivity (Wildman–Crippen MR) is 117 cm³/mol. The monoisotopic (exact) mass is 468 g/mol. The average Bonchev–Trinajstić information content (AvgIpc) is 2.77. The molecule has 0 radical (unpaired) electrons. The first-order chi connectivity index (χ1) is 15.4. The number of alkyl halides is 2. The van der Waals surface area contributed by atoms with Gasteiger partial charge in [0.05, 0.1) is 5.56 Å². The SMILES string of the molecule is CCCCC[Si@H]1CC[C@H](c2ccc(OC(=O)c3cc(F)c(OC(F)F)c(F)c3)cc2)CC1. The summed E-state index contributed by atoms with van der Waals surface area (Å²) in [4.78, 5) is 12.2. The third-order valence-electron chi connectivity index (χ3n) is 6.07. The summed E-state index contributed by atoms with van der Waals surface area (Å²) in [6.45, 7) is -1.15. The van der Waals surface area contributed by atoms with E-state index in [1.165, 1.54) is 55.8 Å². The molecule has 32 heavy (non-hydrogen) atoms. The molecule has 1 fully saturated rings. The van der Waals surface area contributed by atoms with Crippen LogP contribution in [-0.4, -0.2) is 21.4 Å². The van der Waals surface area contributed by atoms with Crippen molar-refractivity contribution >= 4 is 14.8 Å². The second kappa shape index (κ2) is 11.5. The number of rotatable bonds is 9. The molecule has 0 saturated carbocycles. The summed E-state index contributed by atoms with van der Waals surface area (Å²) in [7, 11) is -0.586. The molecule has 0 N–H and O–H groups in total. The van der Waals surface area contributed by atoms with Crippen LogP contribution in [0.15, 0.2) is 36.4 Å². The predicted octanol–water partition coefficient (Wildman–Crippen LogP) is 7.08. The summed E-state index contributed by atoms with van der Waals surface area (Å²) in [5.74, 6) is -4.26. The second-order valence-electron chi connectivity index (χ2n) is 8.32. The van der Waals surface area contributed by atoms with Crippen LogP contribution in [-0.2, 0) is 0 Å². The Morgan fingerprint density at radius 3 is 2.25 bits per heavy atom. The Hall–Kier alpha value is -2.35. The molecule has 0 amide bonds. The van der Waals surface area contributed by atoms with Crippen molar-refractivity contribution in [2.24, 2.45) is 0 Å². The minimum absolute atomic E-state index is 0.245. The Morgan fingerprint density at radius 1 is 1.06 bits per heavy atom. The Kier molecular flexibility index (Phi) is 8.73. The van der Waals surface area contributed by atoms with Crippen molar-refractivity contribution in [1.82, 2.24) is 0 Å². The average molecular weight is 469 g/mol. The summed E-state index contributed by atoms with van der Waals surface area (Å²) in [5, 5.41) is 0. The van der Waals surface area contributed by atoms with Crippen molar-refractivity contribution in [3.63, 3.8) is 0 Å². The summed E-state index contributed by atoms with van der Waals surface area (Å²) < 4.78 is 61.1. The Balaban J connectivity index is 1.56. The van der Waals surface area contributed by atoms with Crippen molar-refractivity contribution in [2.45, 2.75) is 69.7 Å². The summed E-state index contributed by atoms with van der Waals surface area (Å²) in [5.41, 5.74) is 0.772. The van der Waals surface area contributed by atoms with Gasteiger partial charge in [-0.25, -0.2) is 13.6 Å². The van der Waals surface area contributed by atoms with Gasteiger partial charge in [-0.2, -0.15) is 8.78 Å². The molecule has 0 aliphatic carbocycles. The lowest BCUT2D eigenvalue weighted by atomic mass is 9.93. The molecule has 0 aromatic heterocycles. The van der Waals surface area contributed by atoms with Gasteiger partial charge in [-0.1, -0.05) is 56.5 Å². The number of hydrogen-bond acceptors (Lipinski definition) is 3. The number of halogens is 4. The number of hydrogen-bond donors (Lipinski definition) is 0. The molecule has 1 aliphatic rings. The van der Waals surface area contributed by atoms with Crippen molar-refractivity contribution in [3.05, 3.63) is 59.2 Å². The van der Waals surface area contributed by atoms with E-state index in [4.69, 9.17) is 4.74 Å². The van der Waals surface area contributed by atoms with Crippen molar-refractivity contribution in [1.29, 1.82) is 0 Å². The molecule has 174 valence electrons. The molecule has 3 rings (SSSR count). The van der Waals surface area contributed by atoms with Gasteiger partial charge in [0.25, 0.3) is 0 Å². The second-order valence-corrected chi connectivity index (χ2v) is 11.8. The number of unbranched alkanes of at least 4 members (excludes halogenated alkanes) is 2. The number of ether oxygens (including phenoxy) is 2. The smallest absolute Gasteiger partial charge is 0.387 e. The maximum Gasteiger partial charge on any atom is 0.387 e. The lowest BCUT2D eigenvalue weighted by molar-refractivity contribution is -0.0546. The minimum Gasteiger partial charge on any atom is -0.429 e. The molecule has 0 unspecified atom stereocenters. The normalized spacial score (nSPS) is 18.6. The van der Waals surface area contributed by atoms with Crippen LogP contribution in [0, 0.1) is 11.6 Å². The molecule has 0 atom stereocenters. The summed E-state index contributed by atoms with van der Waals surface area (Å²) >= 11 is 0. The number of carbonyl (C=O) groups is 1. The highest BCUT2D eigenvalue weighted by Gasteiger charge is 2.23.